The second kappa shape index (κ2) is 5.86. The number of carbonyl (C=O) groups is 1. The summed E-state index contributed by atoms with van der Waals surface area (Å²) in [7, 11) is -3.92. The van der Waals surface area contributed by atoms with E-state index in [1.54, 1.807) is 19.1 Å². The van der Waals surface area contributed by atoms with E-state index in [1.165, 1.54) is 30.3 Å². The Morgan fingerprint density at radius 1 is 1.12 bits per heavy atom. The molecule has 5 nitrogen and oxygen atoms in total. The van der Waals surface area contributed by atoms with Crippen LogP contribution in [0.25, 0.3) is 0 Å². The van der Waals surface area contributed by atoms with Gasteiger partial charge in [0.05, 0.1) is 12.1 Å². The largest absolute Gasteiger partial charge is 0.435 e. The van der Waals surface area contributed by atoms with E-state index in [1.807, 2.05) is 0 Å². The quantitative estimate of drug-likeness (QED) is 0.848. The molecule has 1 aliphatic heterocycles. The van der Waals surface area contributed by atoms with Gasteiger partial charge in [0, 0.05) is 0 Å². The van der Waals surface area contributed by atoms with Crippen molar-refractivity contribution in [2.24, 2.45) is 0 Å². The van der Waals surface area contributed by atoms with Crippen molar-refractivity contribution in [2.75, 3.05) is 0 Å². The number of rotatable bonds is 4. The molecule has 126 valence electrons. The lowest BCUT2D eigenvalue weighted by atomic mass is 10.1. The average molecular weight is 353 g/mol. The highest BCUT2D eigenvalue weighted by molar-refractivity contribution is 7.90. The molecular formula is C16H13F2NO4S. The van der Waals surface area contributed by atoms with Crippen molar-refractivity contribution >= 4 is 15.9 Å². The summed E-state index contributed by atoms with van der Waals surface area (Å²) in [5.41, 5.74) is 1.13. The number of alkyl halides is 2. The molecule has 2 aromatic carbocycles. The lowest BCUT2D eigenvalue weighted by molar-refractivity contribution is -0.0498. The number of aryl methyl sites for hydroxylation is 1. The number of ether oxygens (including phenoxy) is 1. The van der Waals surface area contributed by atoms with Crippen LogP contribution in [0.3, 0.4) is 0 Å². The fourth-order valence-electron chi connectivity index (χ4n) is 2.62. The minimum atomic E-state index is -3.92. The van der Waals surface area contributed by atoms with Gasteiger partial charge in [0.15, 0.2) is 0 Å². The number of benzene rings is 2. The highest BCUT2D eigenvalue weighted by Gasteiger charge is 2.41. The van der Waals surface area contributed by atoms with Crippen molar-refractivity contribution in [1.82, 2.24) is 4.31 Å². The maximum atomic E-state index is 12.6. The molecule has 0 spiro atoms. The van der Waals surface area contributed by atoms with E-state index in [0.29, 0.717) is 11.1 Å². The van der Waals surface area contributed by atoms with Crippen molar-refractivity contribution < 1.29 is 26.7 Å². The number of halogens is 2. The molecular weight excluding hydrogens is 340 g/mol. The summed E-state index contributed by atoms with van der Waals surface area (Å²) >= 11 is 0. The van der Waals surface area contributed by atoms with Crippen LogP contribution in [0.2, 0.25) is 0 Å². The van der Waals surface area contributed by atoms with Crippen molar-refractivity contribution in [3.8, 4) is 5.75 Å². The topological polar surface area (TPSA) is 63.7 Å². The minimum absolute atomic E-state index is 0.0210. The normalized spacial score (nSPS) is 15.7. The van der Waals surface area contributed by atoms with Gasteiger partial charge in [-0.25, -0.2) is 12.7 Å². The molecule has 0 unspecified atom stereocenters. The zero-order valence-electron chi connectivity index (χ0n) is 12.6. The molecule has 0 N–H and O–H groups in total. The first-order valence-electron chi connectivity index (χ1n) is 7.01. The summed E-state index contributed by atoms with van der Waals surface area (Å²) in [6.07, 6.45) is 0. The van der Waals surface area contributed by atoms with Gasteiger partial charge in [-0.1, -0.05) is 24.3 Å². The summed E-state index contributed by atoms with van der Waals surface area (Å²) in [5.74, 6) is -0.634. The summed E-state index contributed by atoms with van der Waals surface area (Å²) in [6, 6.07) is 10.2. The number of carbonyl (C=O) groups excluding carboxylic acids is 1. The molecule has 1 aliphatic rings. The zero-order valence-corrected chi connectivity index (χ0v) is 13.4. The summed E-state index contributed by atoms with van der Waals surface area (Å²) in [5, 5.41) is 0. The Morgan fingerprint density at radius 2 is 1.79 bits per heavy atom. The van der Waals surface area contributed by atoms with Gasteiger partial charge in [-0.3, -0.25) is 4.79 Å². The van der Waals surface area contributed by atoms with E-state index >= 15 is 0 Å². The van der Waals surface area contributed by atoms with Crippen LogP contribution >= 0.6 is 0 Å². The first-order chi connectivity index (χ1) is 11.3. The van der Waals surface area contributed by atoms with E-state index in [9.17, 15) is 22.0 Å². The van der Waals surface area contributed by atoms with Crippen LogP contribution in [0.1, 0.15) is 21.5 Å². The van der Waals surface area contributed by atoms with E-state index in [0.717, 1.165) is 4.31 Å². The van der Waals surface area contributed by atoms with E-state index < -0.39 is 22.5 Å². The van der Waals surface area contributed by atoms with Crippen molar-refractivity contribution in [3.05, 3.63) is 59.2 Å². The van der Waals surface area contributed by atoms with Crippen LogP contribution < -0.4 is 4.74 Å². The third-order valence-electron chi connectivity index (χ3n) is 3.69. The maximum Gasteiger partial charge on any atom is 0.387 e. The Labute approximate surface area is 137 Å². The highest BCUT2D eigenvalue weighted by Crippen LogP contribution is 2.34. The molecule has 3 rings (SSSR count). The fourth-order valence-corrected chi connectivity index (χ4v) is 4.38. The van der Waals surface area contributed by atoms with Gasteiger partial charge in [-0.05, 0) is 36.2 Å². The highest BCUT2D eigenvalue weighted by atomic mass is 32.2. The zero-order chi connectivity index (χ0) is 17.5. The molecule has 2 aromatic rings. The van der Waals surface area contributed by atoms with E-state index in [2.05, 4.69) is 4.74 Å². The monoisotopic (exact) mass is 353 g/mol. The second-order valence-electron chi connectivity index (χ2n) is 5.29. The molecule has 0 saturated heterocycles. The molecule has 1 amide bonds. The number of amides is 1. The number of sulfonamides is 1. The molecule has 24 heavy (non-hydrogen) atoms. The maximum absolute atomic E-state index is 12.6. The van der Waals surface area contributed by atoms with Crippen LogP contribution in [-0.4, -0.2) is 25.2 Å². The summed E-state index contributed by atoms with van der Waals surface area (Å²) < 4.78 is 54.5. The van der Waals surface area contributed by atoms with Crippen LogP contribution in [0.4, 0.5) is 8.78 Å². The Hall–Kier alpha value is -2.48. The summed E-state index contributed by atoms with van der Waals surface area (Å²) in [6.45, 7) is -1.48. The molecule has 0 aromatic heterocycles. The Bertz CT molecular complexity index is 895. The lowest BCUT2D eigenvalue weighted by Gasteiger charge is -2.15. The van der Waals surface area contributed by atoms with Crippen LogP contribution in [0.15, 0.2) is 47.4 Å². The summed E-state index contributed by atoms with van der Waals surface area (Å²) in [4.78, 5) is 12.4. The molecule has 0 bridgehead atoms. The van der Waals surface area contributed by atoms with Gasteiger partial charge in [-0.15, -0.1) is 0 Å². The van der Waals surface area contributed by atoms with E-state index in [4.69, 9.17) is 0 Å². The third-order valence-corrected chi connectivity index (χ3v) is 5.62. The fraction of sp³-hybridized carbons (Fsp3) is 0.188. The van der Waals surface area contributed by atoms with Crippen molar-refractivity contribution in [2.45, 2.75) is 25.0 Å². The standard InChI is InChI=1S/C16H13F2NO4S/c1-10-3-2-4-13-14(10)24(21,22)19(15(13)20)9-11-5-7-12(8-6-11)23-16(17)18/h2-8,16H,9H2,1H3. The smallest absolute Gasteiger partial charge is 0.387 e. The van der Waals surface area contributed by atoms with Crippen LogP contribution in [-0.2, 0) is 16.6 Å². The first kappa shape index (κ1) is 16.4. The van der Waals surface area contributed by atoms with Gasteiger partial charge >= 0.3 is 6.61 Å². The number of nitrogens with zero attached hydrogens (tertiary/aromatic N) is 1. The third kappa shape index (κ3) is 2.73. The van der Waals surface area contributed by atoms with Gasteiger partial charge in [-0.2, -0.15) is 8.78 Å². The average Bonchev–Trinajstić information content (AvgIpc) is 2.70. The number of hydrogen-bond acceptors (Lipinski definition) is 4. The molecule has 0 atom stereocenters. The number of hydrogen-bond donors (Lipinski definition) is 0. The van der Waals surface area contributed by atoms with Gasteiger partial charge in [0.1, 0.15) is 10.6 Å². The minimum Gasteiger partial charge on any atom is -0.435 e. The van der Waals surface area contributed by atoms with Crippen LogP contribution in [0, 0.1) is 6.92 Å². The van der Waals surface area contributed by atoms with Gasteiger partial charge in [0.2, 0.25) is 0 Å². The molecule has 8 heteroatoms. The Kier molecular flexibility index (Phi) is 4.00. The first-order valence-corrected chi connectivity index (χ1v) is 8.45. The predicted molar refractivity (Wildman–Crippen MR) is 81.3 cm³/mol. The Morgan fingerprint density at radius 3 is 2.38 bits per heavy atom. The molecule has 0 aliphatic carbocycles. The molecule has 0 saturated carbocycles. The van der Waals surface area contributed by atoms with E-state index in [-0.39, 0.29) is 22.8 Å². The molecule has 0 fully saturated rings. The van der Waals surface area contributed by atoms with Gasteiger partial charge in [0.25, 0.3) is 15.9 Å². The molecule has 1 heterocycles. The lowest BCUT2D eigenvalue weighted by Crippen LogP contribution is -2.29. The van der Waals surface area contributed by atoms with Crippen molar-refractivity contribution in [3.63, 3.8) is 0 Å². The van der Waals surface area contributed by atoms with Crippen molar-refractivity contribution in [1.29, 1.82) is 0 Å². The molecule has 0 radical (unpaired) electrons. The predicted octanol–water partition coefficient (Wildman–Crippen LogP) is 2.94. The SMILES string of the molecule is Cc1cccc2c1S(=O)(=O)N(Cc1ccc(OC(F)F)cc1)C2=O. The van der Waals surface area contributed by atoms with Crippen LogP contribution in [0.5, 0.6) is 5.75 Å². The second-order valence-corrected chi connectivity index (χ2v) is 7.09. The Balaban J connectivity index is 1.89. The van der Waals surface area contributed by atoms with Gasteiger partial charge < -0.3 is 4.74 Å². The number of fused-ring (bicyclic) bond motifs is 1.